The van der Waals surface area contributed by atoms with Crippen molar-refractivity contribution < 1.29 is 13.9 Å². The van der Waals surface area contributed by atoms with Gasteiger partial charge in [-0.3, -0.25) is 14.2 Å². The number of nitrogens with zero attached hydrogens (tertiary/aromatic N) is 5. The molecule has 0 aliphatic carbocycles. The van der Waals surface area contributed by atoms with Crippen LogP contribution in [0.3, 0.4) is 0 Å². The van der Waals surface area contributed by atoms with Gasteiger partial charge in [-0.2, -0.15) is 10.2 Å². The molecule has 3 aromatic heterocycles. The van der Waals surface area contributed by atoms with Crippen LogP contribution in [-0.2, 0) is 23.6 Å². The summed E-state index contributed by atoms with van der Waals surface area (Å²) in [5.74, 6) is -0.302. The molecule has 0 saturated heterocycles. The highest BCUT2D eigenvalue weighted by Crippen LogP contribution is 2.45. The number of hydrogen-bond donors (Lipinski definition) is 1. The van der Waals surface area contributed by atoms with Crippen molar-refractivity contribution in [2.45, 2.75) is 38.6 Å². The fourth-order valence-electron chi connectivity index (χ4n) is 4.71. The summed E-state index contributed by atoms with van der Waals surface area (Å²) < 4.78 is 24.1. The Morgan fingerprint density at radius 3 is 2.76 bits per heavy atom. The first-order valence-corrected chi connectivity index (χ1v) is 12.0. The number of carbonyl (C=O) groups excluding carboxylic acids is 1. The first-order chi connectivity index (χ1) is 17.5. The highest BCUT2D eigenvalue weighted by molar-refractivity contribution is 6.45. The number of rotatable bonds is 2. The second-order valence-corrected chi connectivity index (χ2v) is 9.37. The summed E-state index contributed by atoms with van der Waals surface area (Å²) in [6.07, 6.45) is 2.60. The Bertz CT molecular complexity index is 1550. The fraction of sp³-hybridized carbons (Fsp3) is 0.280. The van der Waals surface area contributed by atoms with Crippen LogP contribution in [0.2, 0.25) is 5.15 Å². The molecular weight excluding hydrogens is 492 g/mol. The lowest BCUT2D eigenvalue weighted by Crippen LogP contribution is -2.30. The molecule has 12 heteroatoms. The van der Waals surface area contributed by atoms with Crippen molar-refractivity contribution in [3.8, 4) is 28.3 Å². The summed E-state index contributed by atoms with van der Waals surface area (Å²) in [5, 5.41) is 10.3. The van der Waals surface area contributed by atoms with Crippen molar-refractivity contribution in [2.24, 2.45) is 7.05 Å². The second-order valence-electron chi connectivity index (χ2n) is 9.01. The van der Waals surface area contributed by atoms with Crippen LogP contribution in [-0.4, -0.2) is 46.1 Å². The van der Waals surface area contributed by atoms with Gasteiger partial charge in [-0.15, -0.1) is 0 Å². The quantitative estimate of drug-likeness (QED) is 0.407. The molecule has 1 aliphatic rings. The number of pyridine rings is 1. The van der Waals surface area contributed by atoms with Crippen molar-refractivity contribution in [3.63, 3.8) is 0 Å². The number of anilines is 1. The third kappa shape index (κ3) is 4.21. The second kappa shape index (κ2) is 9.06. The molecule has 1 amide bonds. The monoisotopic (exact) mass is 514 g/mol. The first-order valence-electron chi connectivity index (χ1n) is 11.6. The maximum absolute atomic E-state index is 14.5. The highest BCUT2D eigenvalue weighted by Gasteiger charge is 2.37. The molecule has 1 aliphatic heterocycles. The minimum atomic E-state index is -1.64. The molecule has 1 atom stereocenters. The molecule has 1 N–H and O–H groups in total. The molecule has 0 fully saturated rings. The van der Waals surface area contributed by atoms with Gasteiger partial charge in [0.2, 0.25) is 5.91 Å². The van der Waals surface area contributed by atoms with Gasteiger partial charge >= 0.3 is 0 Å². The van der Waals surface area contributed by atoms with Gasteiger partial charge in [-0.1, -0.05) is 11.6 Å². The normalized spacial score (nSPS) is 15.9. The lowest BCUT2D eigenvalue weighted by atomic mass is 9.47. The average Bonchev–Trinajstić information content (AvgIpc) is 3.39. The van der Waals surface area contributed by atoms with Crippen LogP contribution < -0.4 is 10.1 Å². The van der Waals surface area contributed by atoms with Crippen molar-refractivity contribution in [3.05, 3.63) is 64.3 Å². The number of benzene rings is 1. The summed E-state index contributed by atoms with van der Waals surface area (Å²) >= 11 is 6.67. The van der Waals surface area contributed by atoms with Crippen LogP contribution in [0.4, 0.5) is 10.2 Å². The Morgan fingerprint density at radius 2 is 2.05 bits per heavy atom. The van der Waals surface area contributed by atoms with Gasteiger partial charge in [-0.05, 0) is 48.9 Å². The van der Waals surface area contributed by atoms with Crippen molar-refractivity contribution in [1.82, 2.24) is 24.5 Å². The third-order valence-electron chi connectivity index (χ3n) is 6.33. The summed E-state index contributed by atoms with van der Waals surface area (Å²) in [7, 11) is 15.5. The Hall–Kier alpha value is -3.59. The summed E-state index contributed by atoms with van der Waals surface area (Å²) in [4.78, 5) is 16.3. The topological polar surface area (TPSA) is 86.9 Å². The number of hydrogen-bond acceptors (Lipinski definition) is 5. The molecule has 1 aromatic carbocycles. The van der Waals surface area contributed by atoms with E-state index in [4.69, 9.17) is 32.0 Å². The lowest BCUT2D eigenvalue weighted by molar-refractivity contribution is -0.114. The Kier molecular flexibility index (Phi) is 6.14. The van der Waals surface area contributed by atoms with Crippen LogP contribution in [0.1, 0.15) is 43.6 Å². The van der Waals surface area contributed by atoms with Crippen LogP contribution in [0.5, 0.6) is 5.75 Å². The van der Waals surface area contributed by atoms with Gasteiger partial charge in [0.25, 0.3) is 0 Å². The van der Waals surface area contributed by atoms with Gasteiger partial charge in [0.1, 0.15) is 11.9 Å². The molecule has 184 valence electrons. The van der Waals surface area contributed by atoms with E-state index in [1.54, 1.807) is 47.9 Å². The Morgan fingerprint density at radius 1 is 1.30 bits per heavy atom. The Labute approximate surface area is 221 Å². The number of ether oxygens (including phenoxy) is 1. The van der Waals surface area contributed by atoms with Gasteiger partial charge in [-0.25, -0.2) is 9.37 Å². The van der Waals surface area contributed by atoms with E-state index in [0.717, 1.165) is 0 Å². The van der Waals surface area contributed by atoms with Gasteiger partial charge in [0, 0.05) is 55.2 Å². The first kappa shape index (κ1) is 25.1. The van der Waals surface area contributed by atoms with E-state index in [2.05, 4.69) is 20.5 Å². The number of halogens is 2. The molecule has 0 spiro atoms. The van der Waals surface area contributed by atoms with Crippen LogP contribution in [0.15, 0.2) is 36.7 Å². The highest BCUT2D eigenvalue weighted by atomic mass is 35.5. The molecule has 37 heavy (non-hydrogen) atoms. The van der Waals surface area contributed by atoms with Crippen LogP contribution in [0.25, 0.3) is 22.5 Å². The number of aryl methyl sites for hydroxylation is 2. The number of amides is 1. The molecular formula is C25H22B2ClFN6O2. The molecule has 0 saturated carbocycles. The van der Waals surface area contributed by atoms with E-state index in [0.29, 0.717) is 45.7 Å². The van der Waals surface area contributed by atoms with Gasteiger partial charge in [0.05, 0.1) is 27.1 Å². The summed E-state index contributed by atoms with van der Waals surface area (Å²) in [6, 6.07) is 6.03. The molecule has 2 bridgehead atoms. The molecule has 8 nitrogen and oxygen atoms in total. The third-order valence-corrected chi connectivity index (χ3v) is 6.59. The molecule has 4 aromatic rings. The van der Waals surface area contributed by atoms with Crippen molar-refractivity contribution in [1.29, 1.82) is 0 Å². The summed E-state index contributed by atoms with van der Waals surface area (Å²) in [6.45, 7) is 5.52. The molecule has 0 unspecified atom stereocenters. The zero-order valence-corrected chi connectivity index (χ0v) is 21.5. The molecule has 5 rings (SSSR count). The van der Waals surface area contributed by atoms with Crippen LogP contribution >= 0.6 is 11.6 Å². The van der Waals surface area contributed by atoms with E-state index < -0.39 is 17.1 Å². The smallest absolute Gasteiger partial charge is 0.222 e. The predicted molar refractivity (Wildman–Crippen MR) is 140 cm³/mol. The van der Waals surface area contributed by atoms with E-state index in [1.165, 1.54) is 19.1 Å². The SMILES string of the molecule is [B]C1([B])c2cn(C)nc2-c2ccc(F)cc2[C@@H](C)Oc2cc(cnc2NC(C)=O)-c2c1c(Cl)nn2CC. The maximum atomic E-state index is 14.5. The van der Waals surface area contributed by atoms with E-state index >= 15 is 0 Å². The number of fused-ring (bicyclic) bond motifs is 7. The largest absolute Gasteiger partial charge is 0.482 e. The Balaban J connectivity index is 1.90. The maximum Gasteiger partial charge on any atom is 0.222 e. The van der Waals surface area contributed by atoms with E-state index in [-0.39, 0.29) is 22.6 Å². The summed E-state index contributed by atoms with van der Waals surface area (Å²) in [5.41, 5.74) is 3.49. The van der Waals surface area contributed by atoms with Crippen LogP contribution in [0, 0.1) is 5.82 Å². The zero-order chi connectivity index (χ0) is 26.6. The van der Waals surface area contributed by atoms with E-state index in [9.17, 15) is 9.18 Å². The minimum Gasteiger partial charge on any atom is -0.482 e. The van der Waals surface area contributed by atoms with Crippen molar-refractivity contribution in [2.75, 3.05) is 5.32 Å². The lowest BCUT2D eigenvalue weighted by Gasteiger charge is -2.29. The van der Waals surface area contributed by atoms with Gasteiger partial charge in [0.15, 0.2) is 16.7 Å². The molecule has 4 radical (unpaired) electrons. The minimum absolute atomic E-state index is 0.120. The average molecular weight is 515 g/mol. The fourth-order valence-corrected chi connectivity index (χ4v) is 5.05. The van der Waals surface area contributed by atoms with Gasteiger partial charge < -0.3 is 10.1 Å². The standard InChI is InChI=1S/C25H22B2ClFN6O2/c1-5-35-22-14-8-19(24(30-10-14)31-13(3)36)37-12(2)17-9-15(29)6-7-16(17)21-18(11-34(4)32-21)25(26,27)20(22)23(28)33-35/h6-12H,5H2,1-4H3,(H,30,31,36)/t12-/m1/s1. The number of carbonyl (C=O) groups is 1. The van der Waals surface area contributed by atoms with Crippen molar-refractivity contribution >= 4 is 39.0 Å². The zero-order valence-electron chi connectivity index (χ0n) is 20.7. The van der Waals surface area contributed by atoms with E-state index in [1.807, 2.05) is 6.92 Å². The number of aromatic nitrogens is 5. The predicted octanol–water partition coefficient (Wildman–Crippen LogP) is 4.11. The number of nitrogens with one attached hydrogen (secondary N) is 1. The molecule has 4 heterocycles.